The van der Waals surface area contributed by atoms with E-state index < -0.39 is 0 Å². The van der Waals surface area contributed by atoms with Crippen LogP contribution in [0.25, 0.3) is 11.3 Å². The van der Waals surface area contributed by atoms with Crippen molar-refractivity contribution in [3.05, 3.63) is 72.2 Å². The lowest BCUT2D eigenvalue weighted by Crippen LogP contribution is -1.98. The molecule has 0 spiro atoms. The smallest absolute Gasteiger partial charge is 0.232 e. The van der Waals surface area contributed by atoms with Gasteiger partial charge in [0.25, 0.3) is 0 Å². The molecule has 0 saturated heterocycles. The molecule has 0 unspecified atom stereocenters. The lowest BCUT2D eigenvalue weighted by Gasteiger charge is -2.05. The number of aromatic nitrogens is 1. The number of oxazole rings is 1. The number of rotatable bonds is 5. The summed E-state index contributed by atoms with van der Waals surface area (Å²) in [6, 6.07) is 17.5. The molecule has 0 fully saturated rings. The summed E-state index contributed by atoms with van der Waals surface area (Å²) in [5.41, 5.74) is 7.64. The molecule has 0 bridgehead atoms. The minimum Gasteiger partial charge on any atom is -0.484 e. The van der Waals surface area contributed by atoms with Gasteiger partial charge >= 0.3 is 0 Å². The zero-order valence-corrected chi connectivity index (χ0v) is 11.5. The Bertz CT molecular complexity index is 708. The first-order valence-corrected chi connectivity index (χ1v) is 6.77. The second kappa shape index (κ2) is 6.24. The van der Waals surface area contributed by atoms with Gasteiger partial charge in [0.1, 0.15) is 5.75 Å². The van der Waals surface area contributed by atoms with Gasteiger partial charge in [-0.25, -0.2) is 4.98 Å². The van der Waals surface area contributed by atoms with Crippen LogP contribution in [0.3, 0.4) is 0 Å². The van der Waals surface area contributed by atoms with Crippen molar-refractivity contribution in [2.45, 2.75) is 13.2 Å². The van der Waals surface area contributed by atoms with E-state index in [1.807, 2.05) is 54.6 Å². The van der Waals surface area contributed by atoms with E-state index in [1.54, 1.807) is 6.20 Å². The Morgan fingerprint density at radius 2 is 1.90 bits per heavy atom. The van der Waals surface area contributed by atoms with Crippen LogP contribution in [-0.4, -0.2) is 4.98 Å². The Kier molecular flexibility index (Phi) is 3.98. The molecule has 1 heterocycles. The summed E-state index contributed by atoms with van der Waals surface area (Å²) in [6.07, 6.45) is 1.71. The van der Waals surface area contributed by atoms with Gasteiger partial charge in [0, 0.05) is 12.1 Å². The summed E-state index contributed by atoms with van der Waals surface area (Å²) in [7, 11) is 0. The van der Waals surface area contributed by atoms with Gasteiger partial charge in [-0.1, -0.05) is 42.5 Å². The maximum absolute atomic E-state index is 5.69. The highest BCUT2D eigenvalue weighted by Gasteiger charge is 2.06. The summed E-state index contributed by atoms with van der Waals surface area (Å²) in [6.45, 7) is 0.787. The summed E-state index contributed by atoms with van der Waals surface area (Å²) >= 11 is 0. The average molecular weight is 280 g/mol. The van der Waals surface area contributed by atoms with E-state index in [0.717, 1.165) is 22.6 Å². The molecule has 0 aliphatic heterocycles. The molecular weight excluding hydrogens is 264 g/mol. The molecule has 4 heteroatoms. The molecule has 0 aliphatic carbocycles. The lowest BCUT2D eigenvalue weighted by atomic mass is 10.2. The van der Waals surface area contributed by atoms with Gasteiger partial charge in [0.15, 0.2) is 12.4 Å². The first-order valence-electron chi connectivity index (χ1n) is 6.77. The maximum Gasteiger partial charge on any atom is 0.232 e. The SMILES string of the molecule is NCc1cccc(OCc2ncc(-c3ccccc3)o2)c1. The van der Waals surface area contributed by atoms with Crippen LogP contribution in [0.1, 0.15) is 11.5 Å². The van der Waals surface area contributed by atoms with Crippen molar-refractivity contribution in [2.75, 3.05) is 0 Å². The van der Waals surface area contributed by atoms with Crippen LogP contribution in [0.4, 0.5) is 0 Å². The highest BCUT2D eigenvalue weighted by atomic mass is 16.5. The predicted octanol–water partition coefficient (Wildman–Crippen LogP) is 3.38. The second-order valence-corrected chi connectivity index (χ2v) is 4.62. The van der Waals surface area contributed by atoms with E-state index in [1.165, 1.54) is 0 Å². The molecule has 21 heavy (non-hydrogen) atoms. The summed E-state index contributed by atoms with van der Waals surface area (Å²) in [5, 5.41) is 0. The van der Waals surface area contributed by atoms with Gasteiger partial charge in [-0.3, -0.25) is 0 Å². The number of hydrogen-bond donors (Lipinski definition) is 1. The normalized spacial score (nSPS) is 10.5. The number of hydrogen-bond acceptors (Lipinski definition) is 4. The Balaban J connectivity index is 1.67. The first-order chi connectivity index (χ1) is 10.3. The summed E-state index contributed by atoms with van der Waals surface area (Å²) in [4.78, 5) is 4.23. The van der Waals surface area contributed by atoms with E-state index in [-0.39, 0.29) is 0 Å². The molecule has 1 aromatic heterocycles. The Morgan fingerprint density at radius 3 is 2.71 bits per heavy atom. The zero-order valence-electron chi connectivity index (χ0n) is 11.5. The molecule has 0 atom stereocenters. The third kappa shape index (κ3) is 3.30. The largest absolute Gasteiger partial charge is 0.484 e. The quantitative estimate of drug-likeness (QED) is 0.778. The number of ether oxygens (including phenoxy) is 1. The van der Waals surface area contributed by atoms with Gasteiger partial charge in [-0.2, -0.15) is 0 Å². The molecule has 0 saturated carbocycles. The van der Waals surface area contributed by atoms with E-state index in [2.05, 4.69) is 4.98 Å². The van der Waals surface area contributed by atoms with Crippen LogP contribution >= 0.6 is 0 Å². The molecule has 2 aromatic carbocycles. The average Bonchev–Trinajstić information content (AvgIpc) is 3.03. The van der Waals surface area contributed by atoms with Gasteiger partial charge in [-0.15, -0.1) is 0 Å². The molecule has 0 aliphatic rings. The van der Waals surface area contributed by atoms with Crippen LogP contribution in [0.2, 0.25) is 0 Å². The Labute approximate surface area is 123 Å². The monoisotopic (exact) mass is 280 g/mol. The van der Waals surface area contributed by atoms with Crippen molar-refractivity contribution in [3.8, 4) is 17.1 Å². The van der Waals surface area contributed by atoms with Gasteiger partial charge in [-0.05, 0) is 17.7 Å². The molecule has 4 nitrogen and oxygen atoms in total. The molecule has 2 N–H and O–H groups in total. The molecule has 3 aromatic rings. The fourth-order valence-corrected chi connectivity index (χ4v) is 2.02. The Hall–Kier alpha value is -2.59. The highest BCUT2D eigenvalue weighted by molar-refractivity contribution is 5.55. The van der Waals surface area contributed by atoms with Crippen LogP contribution in [-0.2, 0) is 13.2 Å². The zero-order chi connectivity index (χ0) is 14.5. The maximum atomic E-state index is 5.69. The van der Waals surface area contributed by atoms with Crippen LogP contribution in [0.15, 0.2) is 65.2 Å². The van der Waals surface area contributed by atoms with E-state index in [4.69, 9.17) is 14.9 Å². The minimum atomic E-state index is 0.293. The van der Waals surface area contributed by atoms with Crippen LogP contribution in [0, 0.1) is 0 Å². The minimum absolute atomic E-state index is 0.293. The number of benzene rings is 2. The van der Waals surface area contributed by atoms with Crippen molar-refractivity contribution in [2.24, 2.45) is 5.73 Å². The fourth-order valence-electron chi connectivity index (χ4n) is 2.02. The lowest BCUT2D eigenvalue weighted by molar-refractivity contribution is 0.264. The third-order valence-corrected chi connectivity index (χ3v) is 3.11. The van der Waals surface area contributed by atoms with Crippen LogP contribution < -0.4 is 10.5 Å². The van der Waals surface area contributed by atoms with Crippen molar-refractivity contribution in [1.82, 2.24) is 4.98 Å². The Morgan fingerprint density at radius 1 is 1.05 bits per heavy atom. The standard InChI is InChI=1S/C17H16N2O2/c18-10-13-5-4-8-15(9-13)20-12-17-19-11-16(21-17)14-6-2-1-3-7-14/h1-9,11H,10,12,18H2. The summed E-state index contributed by atoms with van der Waals surface area (Å²) in [5.74, 6) is 2.05. The molecule has 0 amide bonds. The van der Waals surface area contributed by atoms with Crippen molar-refractivity contribution in [1.29, 1.82) is 0 Å². The van der Waals surface area contributed by atoms with E-state index >= 15 is 0 Å². The number of nitrogens with zero attached hydrogens (tertiary/aromatic N) is 1. The van der Waals surface area contributed by atoms with Gasteiger partial charge in [0.2, 0.25) is 5.89 Å². The highest BCUT2D eigenvalue weighted by Crippen LogP contribution is 2.21. The van der Waals surface area contributed by atoms with E-state index in [0.29, 0.717) is 19.0 Å². The van der Waals surface area contributed by atoms with Crippen molar-refractivity contribution in [3.63, 3.8) is 0 Å². The second-order valence-electron chi connectivity index (χ2n) is 4.62. The predicted molar refractivity (Wildman–Crippen MR) is 80.6 cm³/mol. The topological polar surface area (TPSA) is 61.3 Å². The van der Waals surface area contributed by atoms with Gasteiger partial charge < -0.3 is 14.9 Å². The molecule has 106 valence electrons. The third-order valence-electron chi connectivity index (χ3n) is 3.11. The molecular formula is C17H16N2O2. The first kappa shape index (κ1) is 13.4. The van der Waals surface area contributed by atoms with Gasteiger partial charge in [0.05, 0.1) is 6.20 Å². The fraction of sp³-hybridized carbons (Fsp3) is 0.118. The summed E-state index contributed by atoms with van der Waals surface area (Å²) < 4.78 is 11.4. The van der Waals surface area contributed by atoms with Crippen LogP contribution in [0.5, 0.6) is 5.75 Å². The number of nitrogens with two attached hydrogens (primary N) is 1. The molecule has 0 radical (unpaired) electrons. The van der Waals surface area contributed by atoms with Crippen molar-refractivity contribution < 1.29 is 9.15 Å². The van der Waals surface area contributed by atoms with Crippen molar-refractivity contribution >= 4 is 0 Å². The van der Waals surface area contributed by atoms with E-state index in [9.17, 15) is 0 Å². The molecule has 3 rings (SSSR count).